The number of fused-ring (bicyclic) bond motifs is 1. The molecular formula is C18H19FN4OS. The van der Waals surface area contributed by atoms with Crippen LogP contribution in [0.2, 0.25) is 0 Å². The van der Waals surface area contributed by atoms with E-state index in [9.17, 15) is 9.18 Å². The Balaban J connectivity index is 1.73. The van der Waals surface area contributed by atoms with E-state index in [-0.39, 0.29) is 17.6 Å². The fraction of sp³-hybridized carbons (Fsp3) is 0.278. The largest absolute Gasteiger partial charge is 0.367 e. The van der Waals surface area contributed by atoms with Gasteiger partial charge < -0.3 is 10.6 Å². The number of hydrogen-bond acceptors (Lipinski definition) is 5. The predicted octanol–water partition coefficient (Wildman–Crippen LogP) is 3.68. The maximum absolute atomic E-state index is 13.1. The molecule has 0 radical (unpaired) electrons. The third-order valence-electron chi connectivity index (χ3n) is 3.68. The lowest BCUT2D eigenvalue weighted by Crippen LogP contribution is -2.31. The smallest absolute Gasteiger partial charge is 0.222 e. The first-order chi connectivity index (χ1) is 12.0. The summed E-state index contributed by atoms with van der Waals surface area (Å²) in [6.45, 7) is 4.83. The second kappa shape index (κ2) is 7.57. The van der Waals surface area contributed by atoms with Gasteiger partial charge in [-0.25, -0.2) is 14.4 Å². The van der Waals surface area contributed by atoms with E-state index < -0.39 is 0 Å². The summed E-state index contributed by atoms with van der Waals surface area (Å²) < 4.78 is 14.0. The molecule has 0 spiro atoms. The number of rotatable bonds is 6. The number of anilines is 1. The number of nitrogens with one attached hydrogen (secondary N) is 2. The molecule has 0 bridgehead atoms. The highest BCUT2D eigenvalue weighted by atomic mass is 32.1. The Labute approximate surface area is 149 Å². The van der Waals surface area contributed by atoms with Gasteiger partial charge in [0.25, 0.3) is 0 Å². The molecule has 3 aromatic rings. The van der Waals surface area contributed by atoms with Crippen LogP contribution in [0.25, 0.3) is 20.7 Å². The lowest BCUT2D eigenvalue weighted by molar-refractivity contribution is -0.123. The zero-order chi connectivity index (χ0) is 17.8. The van der Waals surface area contributed by atoms with Crippen LogP contribution in [0.15, 0.2) is 36.7 Å². The maximum Gasteiger partial charge on any atom is 0.222 e. The number of amides is 1. The van der Waals surface area contributed by atoms with Crippen molar-refractivity contribution in [3.8, 4) is 10.4 Å². The highest BCUT2D eigenvalue weighted by Gasteiger charge is 2.11. The van der Waals surface area contributed by atoms with Crippen LogP contribution >= 0.6 is 11.3 Å². The molecule has 2 N–H and O–H groups in total. The van der Waals surface area contributed by atoms with Crippen LogP contribution in [0, 0.1) is 11.7 Å². The normalized spacial score (nSPS) is 11.0. The molecule has 1 aromatic carbocycles. The van der Waals surface area contributed by atoms with Crippen molar-refractivity contribution in [3.05, 3.63) is 42.5 Å². The van der Waals surface area contributed by atoms with E-state index in [2.05, 4.69) is 20.6 Å². The minimum absolute atomic E-state index is 0.0266. The van der Waals surface area contributed by atoms with Crippen molar-refractivity contribution in [2.75, 3.05) is 18.4 Å². The monoisotopic (exact) mass is 358 g/mol. The van der Waals surface area contributed by atoms with Crippen molar-refractivity contribution < 1.29 is 9.18 Å². The Kier molecular flexibility index (Phi) is 5.23. The van der Waals surface area contributed by atoms with E-state index in [1.54, 1.807) is 23.5 Å². The van der Waals surface area contributed by atoms with Gasteiger partial charge in [0.15, 0.2) is 0 Å². The van der Waals surface area contributed by atoms with Gasteiger partial charge >= 0.3 is 0 Å². The lowest BCUT2D eigenvalue weighted by atomic mass is 10.2. The molecule has 3 rings (SSSR count). The van der Waals surface area contributed by atoms with Crippen LogP contribution in [0.4, 0.5) is 10.2 Å². The fourth-order valence-corrected chi connectivity index (χ4v) is 3.39. The van der Waals surface area contributed by atoms with E-state index in [0.717, 1.165) is 26.5 Å². The van der Waals surface area contributed by atoms with E-state index in [1.165, 1.54) is 18.5 Å². The first-order valence-electron chi connectivity index (χ1n) is 8.06. The molecule has 25 heavy (non-hydrogen) atoms. The summed E-state index contributed by atoms with van der Waals surface area (Å²) in [7, 11) is 0. The molecule has 0 saturated heterocycles. The number of carbonyl (C=O) groups excluding carboxylic acids is 1. The number of thiophene rings is 1. The summed E-state index contributed by atoms with van der Waals surface area (Å²) in [5.74, 6) is 0.489. The van der Waals surface area contributed by atoms with E-state index in [0.29, 0.717) is 13.1 Å². The van der Waals surface area contributed by atoms with Crippen LogP contribution in [-0.4, -0.2) is 29.0 Å². The first-order valence-corrected chi connectivity index (χ1v) is 8.88. The van der Waals surface area contributed by atoms with Gasteiger partial charge in [-0.2, -0.15) is 0 Å². The van der Waals surface area contributed by atoms with E-state index in [1.807, 2.05) is 19.9 Å². The van der Waals surface area contributed by atoms with Gasteiger partial charge in [-0.15, -0.1) is 11.3 Å². The van der Waals surface area contributed by atoms with Gasteiger partial charge in [-0.3, -0.25) is 4.79 Å². The average Bonchev–Trinajstić information content (AvgIpc) is 3.04. The second-order valence-electron chi connectivity index (χ2n) is 5.93. The van der Waals surface area contributed by atoms with Crippen molar-refractivity contribution >= 4 is 33.3 Å². The maximum atomic E-state index is 13.1. The zero-order valence-electron chi connectivity index (χ0n) is 14.0. The molecule has 0 unspecified atom stereocenters. The third kappa shape index (κ3) is 4.11. The van der Waals surface area contributed by atoms with Crippen LogP contribution in [0.1, 0.15) is 13.8 Å². The van der Waals surface area contributed by atoms with Crippen molar-refractivity contribution in [1.29, 1.82) is 0 Å². The third-order valence-corrected chi connectivity index (χ3v) is 4.86. The molecule has 0 saturated carbocycles. The Bertz CT molecular complexity index is 876. The molecular weight excluding hydrogens is 339 g/mol. The number of carbonyl (C=O) groups is 1. The average molecular weight is 358 g/mol. The topological polar surface area (TPSA) is 66.9 Å². The molecule has 5 nitrogen and oxygen atoms in total. The summed E-state index contributed by atoms with van der Waals surface area (Å²) >= 11 is 1.55. The highest BCUT2D eigenvalue weighted by Crippen LogP contribution is 2.35. The number of nitrogens with zero attached hydrogens (tertiary/aromatic N) is 2. The van der Waals surface area contributed by atoms with Crippen LogP contribution in [0.3, 0.4) is 0 Å². The van der Waals surface area contributed by atoms with Crippen molar-refractivity contribution in [1.82, 2.24) is 15.3 Å². The summed E-state index contributed by atoms with van der Waals surface area (Å²) in [5, 5.41) is 6.10. The van der Waals surface area contributed by atoms with E-state index >= 15 is 0 Å². The summed E-state index contributed by atoms with van der Waals surface area (Å²) in [6.07, 6.45) is 1.51. The van der Waals surface area contributed by atoms with Gasteiger partial charge in [-0.1, -0.05) is 26.0 Å². The summed E-state index contributed by atoms with van der Waals surface area (Å²) in [5.41, 5.74) is 1.78. The molecule has 0 fully saturated rings. The lowest BCUT2D eigenvalue weighted by Gasteiger charge is -2.09. The number of hydrogen-bond donors (Lipinski definition) is 2. The molecule has 0 aliphatic heterocycles. The Hall–Kier alpha value is -2.54. The summed E-state index contributed by atoms with van der Waals surface area (Å²) in [4.78, 5) is 21.2. The van der Waals surface area contributed by atoms with Crippen molar-refractivity contribution in [2.24, 2.45) is 5.92 Å². The van der Waals surface area contributed by atoms with Gasteiger partial charge in [0.05, 0.1) is 10.2 Å². The van der Waals surface area contributed by atoms with Crippen molar-refractivity contribution in [3.63, 3.8) is 0 Å². The van der Waals surface area contributed by atoms with E-state index in [4.69, 9.17) is 0 Å². The predicted molar refractivity (Wildman–Crippen MR) is 99.1 cm³/mol. The Morgan fingerprint density at radius 3 is 2.68 bits per heavy atom. The molecule has 0 atom stereocenters. The van der Waals surface area contributed by atoms with Crippen LogP contribution in [-0.2, 0) is 4.79 Å². The Morgan fingerprint density at radius 2 is 1.96 bits per heavy atom. The minimum Gasteiger partial charge on any atom is -0.367 e. The molecule has 0 aliphatic carbocycles. The zero-order valence-corrected chi connectivity index (χ0v) is 14.9. The molecule has 2 aromatic heterocycles. The van der Waals surface area contributed by atoms with Gasteiger partial charge in [0, 0.05) is 23.9 Å². The number of aromatic nitrogens is 2. The molecule has 130 valence electrons. The van der Waals surface area contributed by atoms with Gasteiger partial charge in [-0.05, 0) is 23.8 Å². The second-order valence-corrected chi connectivity index (χ2v) is 6.98. The number of halogens is 1. The summed E-state index contributed by atoms with van der Waals surface area (Å²) in [6, 6.07) is 8.37. The highest BCUT2D eigenvalue weighted by molar-refractivity contribution is 7.22. The fourth-order valence-electron chi connectivity index (χ4n) is 2.31. The Morgan fingerprint density at radius 1 is 1.20 bits per heavy atom. The molecule has 0 aliphatic rings. The molecule has 1 amide bonds. The minimum atomic E-state index is -0.254. The molecule has 7 heteroatoms. The number of benzene rings is 1. The molecule has 2 heterocycles. The van der Waals surface area contributed by atoms with Crippen LogP contribution in [0.5, 0.6) is 0 Å². The van der Waals surface area contributed by atoms with Crippen molar-refractivity contribution in [2.45, 2.75) is 13.8 Å². The van der Waals surface area contributed by atoms with Gasteiger partial charge in [0.2, 0.25) is 5.91 Å². The quantitative estimate of drug-likeness (QED) is 0.660. The van der Waals surface area contributed by atoms with Crippen LogP contribution < -0.4 is 10.6 Å². The first kappa shape index (κ1) is 17.3. The van der Waals surface area contributed by atoms with Gasteiger partial charge in [0.1, 0.15) is 18.0 Å². The SMILES string of the molecule is CC(C)C(=O)NCCNc1ncnc2cc(-c3ccc(F)cc3)sc12. The standard InChI is InChI=1S/C18H19FN4OS/c1-11(2)18(24)21-8-7-20-17-16-14(22-10-23-17)9-15(25-16)12-3-5-13(19)6-4-12/h3-6,9-11H,7-8H2,1-2H3,(H,21,24)(H,20,22,23).